The van der Waals surface area contributed by atoms with Crippen molar-refractivity contribution in [3.05, 3.63) is 89.5 Å². The van der Waals surface area contributed by atoms with Gasteiger partial charge in [0.2, 0.25) is 0 Å². The van der Waals surface area contributed by atoms with Gasteiger partial charge < -0.3 is 15.4 Å². The smallest absolute Gasteiger partial charge is 0.255 e. The number of carbonyl (C=O) groups is 2. The molecule has 0 spiro atoms. The molecule has 0 saturated carbocycles. The first kappa shape index (κ1) is 22.1. The van der Waals surface area contributed by atoms with E-state index in [1.165, 1.54) is 0 Å². The van der Waals surface area contributed by atoms with Crippen molar-refractivity contribution in [1.29, 1.82) is 0 Å². The Morgan fingerprint density at radius 2 is 1.48 bits per heavy atom. The summed E-state index contributed by atoms with van der Waals surface area (Å²) in [5.41, 5.74) is 3.37. The molecule has 5 nitrogen and oxygen atoms in total. The van der Waals surface area contributed by atoms with Crippen molar-refractivity contribution in [2.24, 2.45) is 5.92 Å². The molecule has 5 heteroatoms. The third-order valence-corrected chi connectivity index (χ3v) is 4.85. The lowest BCUT2D eigenvalue weighted by Gasteiger charge is -2.12. The first-order valence-corrected chi connectivity index (χ1v) is 10.4. The minimum absolute atomic E-state index is 0.170. The Morgan fingerprint density at radius 3 is 2.13 bits per heavy atom. The Bertz CT molecular complexity index is 1030. The van der Waals surface area contributed by atoms with Crippen LogP contribution in [-0.2, 0) is 0 Å². The molecule has 31 heavy (non-hydrogen) atoms. The lowest BCUT2D eigenvalue weighted by atomic mass is 10.1. The predicted octanol–water partition coefficient (Wildman–Crippen LogP) is 5.92. The summed E-state index contributed by atoms with van der Waals surface area (Å²) in [5, 5.41) is 5.80. The number of hydrogen-bond acceptors (Lipinski definition) is 3. The van der Waals surface area contributed by atoms with Crippen LogP contribution >= 0.6 is 0 Å². The molecule has 0 bridgehead atoms. The number of aryl methyl sites for hydroxylation is 1. The molecule has 0 unspecified atom stereocenters. The number of ether oxygens (including phenoxy) is 1. The van der Waals surface area contributed by atoms with Gasteiger partial charge in [-0.25, -0.2) is 0 Å². The van der Waals surface area contributed by atoms with Gasteiger partial charge in [-0.1, -0.05) is 32.0 Å². The number of hydrogen-bond donors (Lipinski definition) is 2. The molecule has 160 valence electrons. The zero-order valence-electron chi connectivity index (χ0n) is 18.1. The fraction of sp³-hybridized carbons (Fsp3) is 0.231. The highest BCUT2D eigenvalue weighted by Gasteiger charge is 2.10. The quantitative estimate of drug-likeness (QED) is 0.479. The molecule has 0 saturated heterocycles. The van der Waals surface area contributed by atoms with Gasteiger partial charge in [0.1, 0.15) is 5.75 Å². The molecule has 0 aromatic heterocycles. The summed E-state index contributed by atoms with van der Waals surface area (Å²) in [6, 6.07) is 21.6. The van der Waals surface area contributed by atoms with Crippen LogP contribution in [-0.4, -0.2) is 18.4 Å². The molecular formula is C26H28N2O3. The Hall–Kier alpha value is -3.60. The van der Waals surface area contributed by atoms with Gasteiger partial charge in [0.05, 0.1) is 6.61 Å². The largest absolute Gasteiger partial charge is 0.494 e. The first-order chi connectivity index (χ1) is 14.9. The SMILES string of the molecule is Cc1cc(NC(=O)c2ccc(OCCC(C)C)cc2)ccc1NC(=O)c1ccccc1. The number of benzene rings is 3. The van der Waals surface area contributed by atoms with Crippen LogP contribution in [0.15, 0.2) is 72.8 Å². The van der Waals surface area contributed by atoms with Crippen molar-refractivity contribution >= 4 is 23.2 Å². The van der Waals surface area contributed by atoms with Crippen LogP contribution in [0.4, 0.5) is 11.4 Å². The van der Waals surface area contributed by atoms with Crippen LogP contribution < -0.4 is 15.4 Å². The van der Waals surface area contributed by atoms with E-state index in [2.05, 4.69) is 24.5 Å². The van der Waals surface area contributed by atoms with Gasteiger partial charge in [-0.05, 0) is 79.4 Å². The second kappa shape index (κ2) is 10.4. The van der Waals surface area contributed by atoms with Crippen LogP contribution in [0.2, 0.25) is 0 Å². The summed E-state index contributed by atoms with van der Waals surface area (Å²) in [5.74, 6) is 0.975. The Labute approximate surface area is 183 Å². The maximum atomic E-state index is 12.6. The third kappa shape index (κ3) is 6.44. The monoisotopic (exact) mass is 416 g/mol. The number of anilines is 2. The Morgan fingerprint density at radius 1 is 0.839 bits per heavy atom. The van der Waals surface area contributed by atoms with Gasteiger partial charge in [-0.3, -0.25) is 9.59 Å². The fourth-order valence-electron chi connectivity index (χ4n) is 2.98. The maximum absolute atomic E-state index is 12.6. The summed E-state index contributed by atoms with van der Waals surface area (Å²) in [6.45, 7) is 6.86. The lowest BCUT2D eigenvalue weighted by Crippen LogP contribution is -2.14. The first-order valence-electron chi connectivity index (χ1n) is 10.4. The van der Waals surface area contributed by atoms with E-state index in [-0.39, 0.29) is 11.8 Å². The zero-order valence-corrected chi connectivity index (χ0v) is 18.1. The van der Waals surface area contributed by atoms with Crippen LogP contribution in [0.3, 0.4) is 0 Å². The van der Waals surface area contributed by atoms with Gasteiger partial charge >= 0.3 is 0 Å². The van der Waals surface area contributed by atoms with E-state index in [1.807, 2.05) is 43.3 Å². The molecule has 3 aromatic rings. The summed E-state index contributed by atoms with van der Waals surface area (Å²) in [4.78, 5) is 24.9. The average molecular weight is 417 g/mol. The topological polar surface area (TPSA) is 67.4 Å². The van der Waals surface area contributed by atoms with E-state index in [1.54, 1.807) is 36.4 Å². The second-order valence-electron chi connectivity index (χ2n) is 7.86. The van der Waals surface area contributed by atoms with Gasteiger partial charge in [0.15, 0.2) is 0 Å². The number of rotatable bonds is 8. The molecular weight excluding hydrogens is 388 g/mol. The summed E-state index contributed by atoms with van der Waals surface area (Å²) >= 11 is 0. The van der Waals surface area contributed by atoms with Gasteiger partial charge in [0, 0.05) is 22.5 Å². The predicted molar refractivity (Wildman–Crippen MR) is 125 cm³/mol. The Kier molecular flexibility index (Phi) is 7.44. The summed E-state index contributed by atoms with van der Waals surface area (Å²) in [7, 11) is 0. The second-order valence-corrected chi connectivity index (χ2v) is 7.86. The van der Waals surface area contributed by atoms with E-state index < -0.39 is 0 Å². The lowest BCUT2D eigenvalue weighted by molar-refractivity contribution is 0.101. The van der Waals surface area contributed by atoms with E-state index >= 15 is 0 Å². The zero-order chi connectivity index (χ0) is 22.2. The van der Waals surface area contributed by atoms with Crippen molar-refractivity contribution in [2.45, 2.75) is 27.2 Å². The molecule has 3 rings (SSSR count). The van der Waals surface area contributed by atoms with Crippen molar-refractivity contribution in [3.8, 4) is 5.75 Å². The molecule has 0 radical (unpaired) electrons. The van der Waals surface area contributed by atoms with E-state index in [0.717, 1.165) is 17.7 Å². The normalized spacial score (nSPS) is 10.6. The van der Waals surface area contributed by atoms with E-state index in [0.29, 0.717) is 35.0 Å². The molecule has 0 aliphatic carbocycles. The molecule has 0 aliphatic rings. The van der Waals surface area contributed by atoms with Gasteiger partial charge in [0.25, 0.3) is 11.8 Å². The van der Waals surface area contributed by atoms with E-state index in [4.69, 9.17) is 4.74 Å². The average Bonchev–Trinajstić information content (AvgIpc) is 2.76. The highest BCUT2D eigenvalue weighted by Crippen LogP contribution is 2.21. The standard InChI is InChI=1S/C26H28N2O3/c1-18(2)15-16-31-23-12-9-21(10-13-23)25(29)27-22-11-14-24(19(3)17-22)28-26(30)20-7-5-4-6-8-20/h4-14,17-18H,15-16H2,1-3H3,(H,27,29)(H,28,30). The van der Waals surface area contributed by atoms with Crippen LogP contribution in [0.25, 0.3) is 0 Å². The summed E-state index contributed by atoms with van der Waals surface area (Å²) < 4.78 is 5.70. The molecule has 2 N–H and O–H groups in total. The number of nitrogens with one attached hydrogen (secondary N) is 2. The molecule has 0 atom stereocenters. The number of amides is 2. The Balaban J connectivity index is 1.59. The third-order valence-electron chi connectivity index (χ3n) is 4.85. The van der Waals surface area contributed by atoms with Gasteiger partial charge in [-0.2, -0.15) is 0 Å². The van der Waals surface area contributed by atoms with Crippen molar-refractivity contribution in [2.75, 3.05) is 17.2 Å². The minimum atomic E-state index is -0.200. The van der Waals surface area contributed by atoms with Crippen LogP contribution in [0.1, 0.15) is 46.5 Å². The molecule has 3 aromatic carbocycles. The highest BCUT2D eigenvalue weighted by molar-refractivity contribution is 6.06. The summed E-state index contributed by atoms with van der Waals surface area (Å²) in [6.07, 6.45) is 0.989. The fourth-order valence-corrected chi connectivity index (χ4v) is 2.98. The van der Waals surface area contributed by atoms with Crippen LogP contribution in [0.5, 0.6) is 5.75 Å². The van der Waals surface area contributed by atoms with Crippen LogP contribution in [0, 0.1) is 12.8 Å². The molecule has 0 fully saturated rings. The minimum Gasteiger partial charge on any atom is -0.494 e. The number of carbonyl (C=O) groups excluding carboxylic acids is 2. The van der Waals surface area contributed by atoms with E-state index in [9.17, 15) is 9.59 Å². The molecule has 0 aliphatic heterocycles. The highest BCUT2D eigenvalue weighted by atomic mass is 16.5. The maximum Gasteiger partial charge on any atom is 0.255 e. The van der Waals surface area contributed by atoms with Crippen molar-refractivity contribution in [3.63, 3.8) is 0 Å². The van der Waals surface area contributed by atoms with Gasteiger partial charge in [-0.15, -0.1) is 0 Å². The molecule has 0 heterocycles. The van der Waals surface area contributed by atoms with Crippen molar-refractivity contribution < 1.29 is 14.3 Å². The molecule has 2 amide bonds. The van der Waals surface area contributed by atoms with Crippen molar-refractivity contribution in [1.82, 2.24) is 0 Å².